The summed E-state index contributed by atoms with van der Waals surface area (Å²) >= 11 is 0. The molecule has 2 nitrogen and oxygen atoms in total. The molecule has 0 spiro atoms. The number of nitrogens with one attached hydrogen (secondary N) is 1. The SMILES string of the molecule is CNCCSSCCC=O. The van der Waals surface area contributed by atoms with E-state index in [0.29, 0.717) is 6.42 Å². The Labute approximate surface area is 69.9 Å². The van der Waals surface area contributed by atoms with Gasteiger partial charge in [-0.1, -0.05) is 21.6 Å². The van der Waals surface area contributed by atoms with Crippen LogP contribution in [0.5, 0.6) is 0 Å². The summed E-state index contributed by atoms with van der Waals surface area (Å²) in [5, 5.41) is 3.05. The third kappa shape index (κ3) is 8.33. The van der Waals surface area contributed by atoms with Crippen molar-refractivity contribution in [2.24, 2.45) is 0 Å². The lowest BCUT2D eigenvalue weighted by molar-refractivity contribution is -0.107. The first-order chi connectivity index (χ1) is 4.91. The molecule has 10 heavy (non-hydrogen) atoms. The fourth-order valence-electron chi connectivity index (χ4n) is 0.358. The van der Waals surface area contributed by atoms with Crippen LogP contribution in [0.4, 0.5) is 0 Å². The van der Waals surface area contributed by atoms with Crippen molar-refractivity contribution in [3.63, 3.8) is 0 Å². The highest BCUT2D eigenvalue weighted by Crippen LogP contribution is 2.20. The molecule has 0 heterocycles. The van der Waals surface area contributed by atoms with Gasteiger partial charge in [-0.25, -0.2) is 0 Å². The number of hydrogen-bond donors (Lipinski definition) is 1. The number of carbonyl (C=O) groups excluding carboxylic acids is 1. The highest BCUT2D eigenvalue weighted by Gasteiger charge is 1.87. The third-order valence-electron chi connectivity index (χ3n) is 0.838. The second-order valence-electron chi connectivity index (χ2n) is 1.70. The Morgan fingerprint density at radius 3 is 2.70 bits per heavy atom. The molecule has 0 saturated carbocycles. The minimum atomic E-state index is 0.678. The molecule has 0 aromatic heterocycles. The minimum absolute atomic E-state index is 0.678. The molecule has 0 atom stereocenters. The number of hydrogen-bond acceptors (Lipinski definition) is 4. The van der Waals surface area contributed by atoms with Gasteiger partial charge in [-0.2, -0.15) is 0 Å². The van der Waals surface area contributed by atoms with E-state index in [4.69, 9.17) is 0 Å². The van der Waals surface area contributed by atoms with Crippen molar-refractivity contribution < 1.29 is 4.79 Å². The fourth-order valence-corrected chi connectivity index (χ4v) is 2.32. The molecular weight excluding hydrogens is 166 g/mol. The van der Waals surface area contributed by atoms with E-state index >= 15 is 0 Å². The highest BCUT2D eigenvalue weighted by atomic mass is 33.1. The second kappa shape index (κ2) is 9.33. The van der Waals surface area contributed by atoms with Gasteiger partial charge < -0.3 is 10.1 Å². The van der Waals surface area contributed by atoms with Crippen LogP contribution in [-0.4, -0.2) is 31.4 Å². The lowest BCUT2D eigenvalue weighted by atomic mass is 10.6. The van der Waals surface area contributed by atoms with Crippen molar-refractivity contribution in [2.45, 2.75) is 6.42 Å². The van der Waals surface area contributed by atoms with Crippen molar-refractivity contribution >= 4 is 27.9 Å². The van der Waals surface area contributed by atoms with Crippen molar-refractivity contribution in [3.8, 4) is 0 Å². The molecule has 1 N–H and O–H groups in total. The zero-order chi connectivity index (χ0) is 7.66. The Hall–Kier alpha value is 0.330. The van der Waals surface area contributed by atoms with Crippen molar-refractivity contribution in [2.75, 3.05) is 25.1 Å². The van der Waals surface area contributed by atoms with E-state index in [-0.39, 0.29) is 0 Å². The van der Waals surface area contributed by atoms with Gasteiger partial charge in [0.15, 0.2) is 0 Å². The van der Waals surface area contributed by atoms with Crippen LogP contribution >= 0.6 is 21.6 Å². The van der Waals surface area contributed by atoms with Crippen LogP contribution in [-0.2, 0) is 4.79 Å². The van der Waals surface area contributed by atoms with E-state index in [1.54, 1.807) is 10.8 Å². The molecular formula is C6H13NOS2. The molecule has 0 amide bonds. The molecule has 0 radical (unpaired) electrons. The van der Waals surface area contributed by atoms with E-state index in [9.17, 15) is 4.79 Å². The van der Waals surface area contributed by atoms with Gasteiger partial charge in [0.05, 0.1) is 0 Å². The maximum Gasteiger partial charge on any atom is 0.120 e. The minimum Gasteiger partial charge on any atom is -0.319 e. The topological polar surface area (TPSA) is 29.1 Å². The van der Waals surface area contributed by atoms with Crippen LogP contribution in [0, 0.1) is 0 Å². The van der Waals surface area contributed by atoms with Gasteiger partial charge in [0.2, 0.25) is 0 Å². The van der Waals surface area contributed by atoms with Crippen LogP contribution in [0.2, 0.25) is 0 Å². The quantitative estimate of drug-likeness (QED) is 0.361. The van der Waals surface area contributed by atoms with Crippen molar-refractivity contribution in [1.82, 2.24) is 5.32 Å². The Balaban J connectivity index is 2.70. The normalized spacial score (nSPS) is 9.70. The average molecular weight is 179 g/mol. The summed E-state index contributed by atoms with van der Waals surface area (Å²) in [5.41, 5.74) is 0. The van der Waals surface area contributed by atoms with E-state index in [1.165, 1.54) is 0 Å². The lowest BCUT2D eigenvalue weighted by Gasteiger charge is -1.96. The van der Waals surface area contributed by atoms with Crippen LogP contribution in [0.3, 0.4) is 0 Å². The van der Waals surface area contributed by atoms with Gasteiger partial charge in [-0.3, -0.25) is 0 Å². The van der Waals surface area contributed by atoms with Gasteiger partial charge >= 0.3 is 0 Å². The first-order valence-electron chi connectivity index (χ1n) is 3.24. The zero-order valence-electron chi connectivity index (χ0n) is 6.13. The maximum absolute atomic E-state index is 9.86. The number of carbonyl (C=O) groups is 1. The first kappa shape index (κ1) is 10.3. The molecule has 0 aliphatic rings. The molecule has 0 unspecified atom stereocenters. The summed E-state index contributed by atoms with van der Waals surface area (Å²) < 4.78 is 0. The van der Waals surface area contributed by atoms with E-state index in [0.717, 1.165) is 24.3 Å². The monoisotopic (exact) mass is 179 g/mol. The van der Waals surface area contributed by atoms with Gasteiger partial charge in [0.1, 0.15) is 6.29 Å². The first-order valence-corrected chi connectivity index (χ1v) is 5.73. The Morgan fingerprint density at radius 2 is 2.10 bits per heavy atom. The second-order valence-corrected chi connectivity index (χ2v) is 4.40. The largest absolute Gasteiger partial charge is 0.319 e. The Kier molecular flexibility index (Phi) is 9.64. The molecule has 60 valence electrons. The van der Waals surface area contributed by atoms with Crippen LogP contribution in [0.15, 0.2) is 0 Å². The predicted octanol–water partition coefficient (Wildman–Crippen LogP) is 1.18. The summed E-state index contributed by atoms with van der Waals surface area (Å²) in [6, 6.07) is 0. The molecule has 0 aromatic carbocycles. The molecule has 0 fully saturated rings. The van der Waals surface area contributed by atoms with Gasteiger partial charge in [0, 0.05) is 24.5 Å². The summed E-state index contributed by atoms with van der Waals surface area (Å²) in [5.74, 6) is 2.05. The van der Waals surface area contributed by atoms with Gasteiger partial charge in [-0.05, 0) is 7.05 Å². The Bertz CT molecular complexity index is 80.1. The molecule has 0 aliphatic heterocycles. The molecule has 0 rings (SSSR count). The average Bonchev–Trinajstić information content (AvgIpc) is 1.97. The smallest absolute Gasteiger partial charge is 0.120 e. The lowest BCUT2D eigenvalue weighted by Crippen LogP contribution is -2.09. The van der Waals surface area contributed by atoms with E-state index in [1.807, 2.05) is 17.8 Å². The number of rotatable bonds is 7. The summed E-state index contributed by atoms with van der Waals surface area (Å²) in [6.07, 6.45) is 1.64. The van der Waals surface area contributed by atoms with E-state index < -0.39 is 0 Å². The summed E-state index contributed by atoms with van der Waals surface area (Å²) in [6.45, 7) is 1.04. The molecule has 4 heteroatoms. The van der Waals surface area contributed by atoms with E-state index in [2.05, 4.69) is 5.32 Å². The molecule has 0 bridgehead atoms. The maximum atomic E-state index is 9.86. The fraction of sp³-hybridized carbons (Fsp3) is 0.833. The van der Waals surface area contributed by atoms with Crippen LogP contribution in [0.25, 0.3) is 0 Å². The molecule has 0 aliphatic carbocycles. The van der Waals surface area contributed by atoms with Crippen LogP contribution in [0.1, 0.15) is 6.42 Å². The van der Waals surface area contributed by atoms with Crippen molar-refractivity contribution in [1.29, 1.82) is 0 Å². The Morgan fingerprint density at radius 1 is 1.40 bits per heavy atom. The zero-order valence-corrected chi connectivity index (χ0v) is 7.76. The predicted molar refractivity (Wildman–Crippen MR) is 49.5 cm³/mol. The summed E-state index contributed by atoms with van der Waals surface area (Å²) in [4.78, 5) is 9.86. The molecule has 0 saturated heterocycles. The van der Waals surface area contributed by atoms with Crippen molar-refractivity contribution in [3.05, 3.63) is 0 Å². The highest BCUT2D eigenvalue weighted by molar-refractivity contribution is 8.76. The number of aldehydes is 1. The third-order valence-corrected chi connectivity index (χ3v) is 3.28. The van der Waals surface area contributed by atoms with Crippen LogP contribution < -0.4 is 5.32 Å². The van der Waals surface area contributed by atoms with Gasteiger partial charge in [-0.15, -0.1) is 0 Å². The summed E-state index contributed by atoms with van der Waals surface area (Å²) in [7, 11) is 5.52. The molecule has 0 aromatic rings. The van der Waals surface area contributed by atoms with Gasteiger partial charge in [0.25, 0.3) is 0 Å². The standard InChI is InChI=1S/C6H13NOS2/c1-7-3-6-10-9-5-2-4-8/h4,7H,2-3,5-6H2,1H3.